The molecule has 0 bridgehead atoms. The van der Waals surface area contributed by atoms with Crippen LogP contribution < -0.4 is 19.2 Å². The average Bonchev–Trinajstić information content (AvgIpc) is 3.42. The Bertz CT molecular complexity index is 1590. The van der Waals surface area contributed by atoms with Crippen LogP contribution in [0.3, 0.4) is 0 Å². The summed E-state index contributed by atoms with van der Waals surface area (Å²) < 4.78 is 12.5. The molecule has 4 aromatic rings. The number of anilines is 1. The van der Waals surface area contributed by atoms with Gasteiger partial charge in [-0.15, -0.1) is 0 Å². The molecule has 2 aliphatic rings. The van der Waals surface area contributed by atoms with Gasteiger partial charge < -0.3 is 14.5 Å². The number of benzene rings is 3. The van der Waals surface area contributed by atoms with Crippen molar-refractivity contribution in [1.29, 1.82) is 0 Å². The smallest absolute Gasteiger partial charge is 0.305 e. The molecule has 2 aliphatic heterocycles. The van der Waals surface area contributed by atoms with Gasteiger partial charge in [0.1, 0.15) is 11.9 Å². The van der Waals surface area contributed by atoms with Crippen molar-refractivity contribution in [3.05, 3.63) is 103 Å². The van der Waals surface area contributed by atoms with E-state index in [0.29, 0.717) is 28.8 Å². The van der Waals surface area contributed by atoms with Gasteiger partial charge in [0.25, 0.3) is 0 Å². The van der Waals surface area contributed by atoms with Gasteiger partial charge in [0, 0.05) is 15.3 Å². The van der Waals surface area contributed by atoms with Crippen molar-refractivity contribution in [3.8, 4) is 11.5 Å². The normalized spacial score (nSPS) is 20.3. The maximum atomic E-state index is 13.9. The molecule has 1 N–H and O–H groups in total. The number of hydrogen-bond donors (Lipinski definition) is 1. The molecule has 1 saturated heterocycles. The Morgan fingerprint density at radius 2 is 1.71 bits per heavy atom. The Morgan fingerprint density at radius 3 is 2.45 bits per heavy atom. The Labute approximate surface area is 234 Å². The van der Waals surface area contributed by atoms with Crippen molar-refractivity contribution < 1.29 is 19.1 Å². The first kappa shape index (κ1) is 25.0. The molecular weight excluding hydrogens is 588 g/mol. The van der Waals surface area contributed by atoms with E-state index in [1.165, 1.54) is 16.7 Å². The predicted molar refractivity (Wildman–Crippen MR) is 150 cm³/mol. The van der Waals surface area contributed by atoms with Gasteiger partial charge in [-0.2, -0.15) is 0 Å². The van der Waals surface area contributed by atoms with E-state index >= 15 is 0 Å². The standard InChI is InChI=1S/C28H21BrN2O5S2/c1-35-20-13-16(7-12-19(20)36-14-15-5-3-2-4-6-15)21-22-24(37-25-23(21)38-28(34)30-25)27(33)31(26(22)32)18-10-8-17(29)9-11-18/h2-13,21-22,24H,14H2,1H3,(H,30,34)/t21-,22-,24+/m0/s1. The fourth-order valence-corrected chi connectivity index (χ4v) is 7.73. The van der Waals surface area contributed by atoms with E-state index < -0.39 is 17.1 Å². The number of amides is 2. The third-order valence-corrected chi connectivity index (χ3v) is 9.62. The summed E-state index contributed by atoms with van der Waals surface area (Å²) in [5.74, 6) is -0.654. The summed E-state index contributed by atoms with van der Waals surface area (Å²) in [7, 11) is 1.56. The molecule has 3 heterocycles. The number of imide groups is 1. The lowest BCUT2D eigenvalue weighted by molar-refractivity contribution is -0.122. The van der Waals surface area contributed by atoms with Crippen LogP contribution in [0.2, 0.25) is 0 Å². The second-order valence-electron chi connectivity index (χ2n) is 8.92. The number of nitrogens with one attached hydrogen (secondary N) is 1. The van der Waals surface area contributed by atoms with Crippen LogP contribution in [0.15, 0.2) is 87.1 Å². The quantitative estimate of drug-likeness (QED) is 0.287. The number of hydrogen-bond acceptors (Lipinski definition) is 7. The van der Waals surface area contributed by atoms with Crippen molar-refractivity contribution in [1.82, 2.24) is 4.98 Å². The highest BCUT2D eigenvalue weighted by molar-refractivity contribution is 9.10. The zero-order valence-electron chi connectivity index (χ0n) is 20.1. The molecule has 7 nitrogen and oxygen atoms in total. The van der Waals surface area contributed by atoms with Crippen LogP contribution in [0.25, 0.3) is 0 Å². The Morgan fingerprint density at radius 1 is 0.947 bits per heavy atom. The molecule has 0 unspecified atom stereocenters. The molecule has 3 aromatic carbocycles. The van der Waals surface area contributed by atoms with Gasteiger partial charge in [0.05, 0.1) is 23.7 Å². The molecule has 1 aromatic heterocycles. The minimum Gasteiger partial charge on any atom is -0.493 e. The number of thiazole rings is 1. The first-order valence-corrected chi connectivity index (χ1v) is 14.3. The molecule has 192 valence electrons. The first-order chi connectivity index (χ1) is 18.4. The Hall–Kier alpha value is -3.34. The minimum absolute atomic E-state index is 0.216. The summed E-state index contributed by atoms with van der Waals surface area (Å²) >= 11 is 5.74. The molecule has 38 heavy (non-hydrogen) atoms. The maximum absolute atomic E-state index is 13.9. The molecule has 1 fully saturated rings. The average molecular weight is 610 g/mol. The van der Waals surface area contributed by atoms with E-state index in [1.807, 2.05) is 48.5 Å². The largest absolute Gasteiger partial charge is 0.493 e. The number of rotatable bonds is 6. The van der Waals surface area contributed by atoms with Gasteiger partial charge in [0.15, 0.2) is 11.5 Å². The highest BCUT2D eigenvalue weighted by Crippen LogP contribution is 2.53. The number of carbonyl (C=O) groups excluding carboxylic acids is 2. The number of H-pyrrole nitrogens is 1. The van der Waals surface area contributed by atoms with E-state index in [2.05, 4.69) is 20.9 Å². The Kier molecular flexibility index (Phi) is 6.63. The predicted octanol–water partition coefficient (Wildman–Crippen LogP) is 5.58. The van der Waals surface area contributed by atoms with Crippen molar-refractivity contribution >= 4 is 56.5 Å². The number of fused-ring (bicyclic) bond motifs is 2. The van der Waals surface area contributed by atoms with Crippen LogP contribution in [0.5, 0.6) is 11.5 Å². The summed E-state index contributed by atoms with van der Waals surface area (Å²) in [6.45, 7) is 0.375. The van der Waals surface area contributed by atoms with Gasteiger partial charge in [-0.05, 0) is 47.5 Å². The molecule has 0 spiro atoms. The maximum Gasteiger partial charge on any atom is 0.305 e. The van der Waals surface area contributed by atoms with Crippen LogP contribution in [0.1, 0.15) is 21.9 Å². The van der Waals surface area contributed by atoms with Crippen molar-refractivity contribution in [2.75, 3.05) is 12.0 Å². The van der Waals surface area contributed by atoms with Crippen LogP contribution in [0, 0.1) is 5.92 Å². The van der Waals surface area contributed by atoms with Crippen LogP contribution in [-0.2, 0) is 16.2 Å². The highest BCUT2D eigenvalue weighted by atomic mass is 79.9. The number of aromatic amines is 1. The van der Waals surface area contributed by atoms with Gasteiger partial charge in [-0.1, -0.05) is 75.4 Å². The van der Waals surface area contributed by atoms with E-state index in [4.69, 9.17) is 9.47 Å². The number of nitrogens with zero attached hydrogens (tertiary/aromatic N) is 1. The van der Waals surface area contributed by atoms with Gasteiger partial charge in [-0.25, -0.2) is 4.90 Å². The summed E-state index contributed by atoms with van der Waals surface area (Å²) in [6, 6.07) is 22.5. The lowest BCUT2D eigenvalue weighted by Crippen LogP contribution is -2.32. The lowest BCUT2D eigenvalue weighted by Gasteiger charge is -2.30. The number of aromatic nitrogens is 1. The highest BCUT2D eigenvalue weighted by Gasteiger charge is 2.56. The first-order valence-electron chi connectivity index (χ1n) is 11.8. The second-order valence-corrected chi connectivity index (χ2v) is 12.0. The summed E-state index contributed by atoms with van der Waals surface area (Å²) in [5, 5.41) is -0.0256. The molecule has 0 saturated carbocycles. The minimum atomic E-state index is -0.670. The summed E-state index contributed by atoms with van der Waals surface area (Å²) in [4.78, 5) is 44.4. The van der Waals surface area contributed by atoms with Gasteiger partial charge >= 0.3 is 4.87 Å². The molecule has 10 heteroatoms. The third-order valence-electron chi connectivity index (χ3n) is 6.69. The van der Waals surface area contributed by atoms with Gasteiger partial charge in [-0.3, -0.25) is 14.4 Å². The summed E-state index contributed by atoms with van der Waals surface area (Å²) in [5.41, 5.74) is 2.33. The number of thioether (sulfide) groups is 1. The van der Waals surface area contributed by atoms with Crippen molar-refractivity contribution in [3.63, 3.8) is 0 Å². The number of methoxy groups -OCH3 is 1. The fourth-order valence-electron chi connectivity index (χ4n) is 4.95. The molecule has 2 amide bonds. The fraction of sp³-hybridized carbons (Fsp3) is 0.179. The SMILES string of the molecule is COc1cc([C@@H]2c3sc(=O)[nH]c3S[C@H]3C(=O)N(c4ccc(Br)cc4)C(=O)[C@@H]23)ccc1OCc1ccccc1. The van der Waals surface area contributed by atoms with Crippen LogP contribution in [-0.4, -0.2) is 29.2 Å². The Balaban J connectivity index is 1.38. The van der Waals surface area contributed by atoms with Crippen molar-refractivity contribution in [2.45, 2.75) is 22.8 Å². The molecular formula is C28H21BrN2O5S2. The monoisotopic (exact) mass is 608 g/mol. The molecule has 0 radical (unpaired) electrons. The van der Waals surface area contributed by atoms with Crippen molar-refractivity contribution in [2.24, 2.45) is 5.92 Å². The number of carbonyl (C=O) groups is 2. The van der Waals surface area contributed by atoms with E-state index in [9.17, 15) is 14.4 Å². The summed E-state index contributed by atoms with van der Waals surface area (Å²) in [6.07, 6.45) is 0. The zero-order chi connectivity index (χ0) is 26.4. The number of ether oxygens (including phenoxy) is 2. The topological polar surface area (TPSA) is 88.7 Å². The van der Waals surface area contributed by atoms with Crippen LogP contribution >= 0.6 is 39.0 Å². The number of halogens is 1. The van der Waals surface area contributed by atoms with E-state index in [0.717, 1.165) is 31.8 Å². The lowest BCUT2D eigenvalue weighted by atomic mass is 9.83. The van der Waals surface area contributed by atoms with Gasteiger partial charge in [0.2, 0.25) is 11.8 Å². The van der Waals surface area contributed by atoms with E-state index in [-0.39, 0.29) is 16.7 Å². The third kappa shape index (κ3) is 4.36. The second kappa shape index (κ2) is 10.1. The van der Waals surface area contributed by atoms with Crippen LogP contribution in [0.4, 0.5) is 5.69 Å². The molecule has 3 atom stereocenters. The van der Waals surface area contributed by atoms with E-state index in [1.54, 1.807) is 31.4 Å². The molecule has 6 rings (SSSR count). The molecule has 0 aliphatic carbocycles. The zero-order valence-corrected chi connectivity index (χ0v) is 23.3.